The molecule has 0 aliphatic rings. The van der Waals surface area contributed by atoms with E-state index < -0.39 is 5.91 Å². The van der Waals surface area contributed by atoms with Gasteiger partial charge in [-0.2, -0.15) is 0 Å². The summed E-state index contributed by atoms with van der Waals surface area (Å²) in [6, 6.07) is 1.44. The molecule has 14 heavy (non-hydrogen) atoms. The normalized spacial score (nSPS) is 10.1. The maximum atomic E-state index is 11.4. The van der Waals surface area contributed by atoms with Crippen LogP contribution in [0, 0.1) is 13.8 Å². The highest BCUT2D eigenvalue weighted by Crippen LogP contribution is 1.94. The Morgan fingerprint density at radius 1 is 1.57 bits per heavy atom. The first-order chi connectivity index (χ1) is 6.50. The van der Waals surface area contributed by atoms with Crippen LogP contribution in [0.15, 0.2) is 10.9 Å². The second-order valence-electron chi connectivity index (χ2n) is 3.15. The number of nitrogens with two attached hydrogens (primary N) is 1. The van der Waals surface area contributed by atoms with Crippen molar-refractivity contribution in [1.82, 2.24) is 9.55 Å². The number of hydrogen-bond donors (Lipinski definition) is 1. The summed E-state index contributed by atoms with van der Waals surface area (Å²) in [4.78, 5) is 26.1. The van der Waals surface area contributed by atoms with Gasteiger partial charge in [0.2, 0.25) is 5.91 Å². The van der Waals surface area contributed by atoms with E-state index in [2.05, 4.69) is 4.98 Å². The second-order valence-corrected chi connectivity index (χ2v) is 3.15. The average molecular weight is 195 g/mol. The number of carbonyl (C=O) groups is 1. The molecule has 1 rings (SSSR count). The first kappa shape index (κ1) is 10.4. The van der Waals surface area contributed by atoms with Crippen LogP contribution in [0.3, 0.4) is 0 Å². The fraction of sp³-hybridized carbons (Fsp3) is 0.444. The molecular weight excluding hydrogens is 182 g/mol. The summed E-state index contributed by atoms with van der Waals surface area (Å²) in [6.45, 7) is 3.79. The van der Waals surface area contributed by atoms with Gasteiger partial charge in [-0.15, -0.1) is 0 Å². The predicted octanol–water partition coefficient (Wildman–Crippen LogP) is -0.264. The summed E-state index contributed by atoms with van der Waals surface area (Å²) in [5, 5.41) is 0. The smallest absolute Gasteiger partial charge is 0.253 e. The summed E-state index contributed by atoms with van der Waals surface area (Å²) < 4.78 is 1.44. The Kier molecular flexibility index (Phi) is 3.01. The van der Waals surface area contributed by atoms with Gasteiger partial charge in [0.1, 0.15) is 5.82 Å². The first-order valence-electron chi connectivity index (χ1n) is 4.34. The van der Waals surface area contributed by atoms with Crippen molar-refractivity contribution in [2.24, 2.45) is 5.73 Å². The van der Waals surface area contributed by atoms with Crippen LogP contribution in [0.4, 0.5) is 0 Å². The van der Waals surface area contributed by atoms with E-state index in [9.17, 15) is 9.59 Å². The highest BCUT2D eigenvalue weighted by atomic mass is 16.1. The summed E-state index contributed by atoms with van der Waals surface area (Å²) >= 11 is 0. The second kappa shape index (κ2) is 4.04. The number of rotatable bonds is 3. The summed E-state index contributed by atoms with van der Waals surface area (Å²) in [6.07, 6.45) is 0.158. The van der Waals surface area contributed by atoms with Crippen molar-refractivity contribution in [3.8, 4) is 0 Å². The van der Waals surface area contributed by atoms with Crippen molar-refractivity contribution in [3.63, 3.8) is 0 Å². The molecule has 1 aromatic heterocycles. The van der Waals surface area contributed by atoms with Gasteiger partial charge in [0.25, 0.3) is 5.56 Å². The quantitative estimate of drug-likeness (QED) is 0.721. The molecule has 0 saturated heterocycles. The summed E-state index contributed by atoms with van der Waals surface area (Å²) in [7, 11) is 0. The Balaban J connectivity index is 2.97. The average Bonchev–Trinajstić information content (AvgIpc) is 2.01. The third-order valence-electron chi connectivity index (χ3n) is 1.91. The number of amides is 1. The number of carbonyl (C=O) groups excluding carboxylic acids is 1. The van der Waals surface area contributed by atoms with Crippen molar-refractivity contribution in [2.45, 2.75) is 26.8 Å². The lowest BCUT2D eigenvalue weighted by atomic mass is 10.3. The molecule has 0 saturated carbocycles. The summed E-state index contributed by atoms with van der Waals surface area (Å²) in [5.74, 6) is 0.188. The van der Waals surface area contributed by atoms with Gasteiger partial charge in [0, 0.05) is 24.7 Å². The minimum absolute atomic E-state index is 0.142. The van der Waals surface area contributed by atoms with E-state index in [0.717, 1.165) is 0 Å². The molecule has 0 aliphatic heterocycles. The lowest BCUT2D eigenvalue weighted by molar-refractivity contribution is -0.118. The zero-order chi connectivity index (χ0) is 10.7. The Hall–Kier alpha value is -1.65. The van der Waals surface area contributed by atoms with Gasteiger partial charge in [0.15, 0.2) is 0 Å². The monoisotopic (exact) mass is 195 g/mol. The van der Waals surface area contributed by atoms with Crippen molar-refractivity contribution in [1.29, 1.82) is 0 Å². The third kappa shape index (κ3) is 2.42. The molecule has 5 heteroatoms. The maximum Gasteiger partial charge on any atom is 0.253 e. The van der Waals surface area contributed by atoms with Crippen molar-refractivity contribution in [3.05, 3.63) is 27.9 Å². The van der Waals surface area contributed by atoms with E-state index in [1.807, 2.05) is 0 Å². The fourth-order valence-corrected chi connectivity index (χ4v) is 1.26. The summed E-state index contributed by atoms with van der Waals surface area (Å²) in [5.41, 5.74) is 5.54. The molecule has 0 unspecified atom stereocenters. The molecule has 0 spiro atoms. The molecule has 0 aromatic carbocycles. The Labute approximate surface area is 81.6 Å². The lowest BCUT2D eigenvalue weighted by Crippen LogP contribution is -2.26. The van der Waals surface area contributed by atoms with Gasteiger partial charge >= 0.3 is 0 Å². The van der Waals surface area contributed by atoms with E-state index in [0.29, 0.717) is 18.1 Å². The Bertz CT molecular complexity index is 409. The molecule has 1 aromatic rings. The van der Waals surface area contributed by atoms with E-state index in [-0.39, 0.29) is 12.0 Å². The number of hydrogen-bond acceptors (Lipinski definition) is 3. The molecule has 5 nitrogen and oxygen atoms in total. The SMILES string of the molecule is Cc1cc(=O)n(CCC(N)=O)c(C)n1. The van der Waals surface area contributed by atoms with E-state index >= 15 is 0 Å². The minimum atomic E-state index is -0.420. The number of nitrogens with zero attached hydrogens (tertiary/aromatic N) is 2. The van der Waals surface area contributed by atoms with E-state index in [1.54, 1.807) is 13.8 Å². The van der Waals surface area contributed by atoms with Crippen LogP contribution in [-0.2, 0) is 11.3 Å². The topological polar surface area (TPSA) is 78.0 Å². The molecule has 0 bridgehead atoms. The first-order valence-corrected chi connectivity index (χ1v) is 4.34. The molecule has 1 amide bonds. The number of aryl methyl sites for hydroxylation is 2. The molecule has 2 N–H and O–H groups in total. The minimum Gasteiger partial charge on any atom is -0.370 e. The molecule has 0 atom stereocenters. The van der Waals surface area contributed by atoms with Gasteiger partial charge < -0.3 is 5.73 Å². The van der Waals surface area contributed by atoms with Crippen LogP contribution in [0.1, 0.15) is 17.9 Å². The maximum absolute atomic E-state index is 11.4. The molecule has 1 heterocycles. The van der Waals surface area contributed by atoms with Crippen LogP contribution in [0.2, 0.25) is 0 Å². The van der Waals surface area contributed by atoms with Crippen LogP contribution in [0.5, 0.6) is 0 Å². The third-order valence-corrected chi connectivity index (χ3v) is 1.91. The largest absolute Gasteiger partial charge is 0.370 e. The van der Waals surface area contributed by atoms with Gasteiger partial charge in [0.05, 0.1) is 0 Å². The van der Waals surface area contributed by atoms with Crippen molar-refractivity contribution >= 4 is 5.91 Å². The number of primary amides is 1. The van der Waals surface area contributed by atoms with Gasteiger partial charge in [-0.3, -0.25) is 14.2 Å². The zero-order valence-electron chi connectivity index (χ0n) is 8.28. The van der Waals surface area contributed by atoms with Gasteiger partial charge in [-0.05, 0) is 13.8 Å². The molecule has 76 valence electrons. The Morgan fingerprint density at radius 2 is 2.21 bits per heavy atom. The van der Waals surface area contributed by atoms with Crippen LogP contribution in [-0.4, -0.2) is 15.5 Å². The van der Waals surface area contributed by atoms with Crippen molar-refractivity contribution < 1.29 is 4.79 Å². The predicted molar refractivity (Wildman–Crippen MR) is 51.8 cm³/mol. The van der Waals surface area contributed by atoms with Gasteiger partial charge in [-0.1, -0.05) is 0 Å². The molecule has 0 aliphatic carbocycles. The lowest BCUT2D eigenvalue weighted by Gasteiger charge is -2.07. The highest BCUT2D eigenvalue weighted by Gasteiger charge is 2.03. The number of aromatic nitrogens is 2. The van der Waals surface area contributed by atoms with Crippen LogP contribution < -0.4 is 11.3 Å². The highest BCUT2D eigenvalue weighted by molar-refractivity contribution is 5.73. The van der Waals surface area contributed by atoms with Crippen molar-refractivity contribution in [2.75, 3.05) is 0 Å². The molecular formula is C9H13N3O2. The fourth-order valence-electron chi connectivity index (χ4n) is 1.26. The molecule has 0 radical (unpaired) electrons. The van der Waals surface area contributed by atoms with E-state index in [4.69, 9.17) is 5.73 Å². The van der Waals surface area contributed by atoms with Crippen LogP contribution >= 0.6 is 0 Å². The van der Waals surface area contributed by atoms with Gasteiger partial charge in [-0.25, -0.2) is 4.98 Å². The molecule has 0 fully saturated rings. The van der Waals surface area contributed by atoms with Crippen LogP contribution in [0.25, 0.3) is 0 Å². The zero-order valence-corrected chi connectivity index (χ0v) is 8.28. The standard InChI is InChI=1S/C9H13N3O2/c1-6-5-9(14)12(7(2)11-6)4-3-8(10)13/h5H,3-4H2,1-2H3,(H2,10,13). The Morgan fingerprint density at radius 3 is 2.71 bits per heavy atom. The van der Waals surface area contributed by atoms with E-state index in [1.165, 1.54) is 10.6 Å².